The first-order chi connectivity index (χ1) is 14.0. The minimum Gasteiger partial charge on any atom is -0.356 e. The number of pyridine rings is 1. The number of hydrogen-bond acceptors (Lipinski definition) is 7. The standard InChI is InChI=1S/C21H24N6O2/c1-14-11-18(29-25-14)16-13-23-21(26(2)3)24-19(16)17-8-4-5-10-27(17)20(28)15-7-6-9-22-12-15/h6-7,9,11-13,17H,4-5,8,10H2,1-3H3. The first-order valence-corrected chi connectivity index (χ1v) is 9.73. The van der Waals surface area contributed by atoms with E-state index in [4.69, 9.17) is 9.51 Å². The van der Waals surface area contributed by atoms with Crippen LogP contribution < -0.4 is 4.90 Å². The van der Waals surface area contributed by atoms with Crippen molar-refractivity contribution in [1.29, 1.82) is 0 Å². The van der Waals surface area contributed by atoms with Gasteiger partial charge in [0.15, 0.2) is 5.76 Å². The zero-order valence-corrected chi connectivity index (χ0v) is 16.9. The van der Waals surface area contributed by atoms with Crippen molar-refractivity contribution in [2.45, 2.75) is 32.2 Å². The van der Waals surface area contributed by atoms with Crippen molar-refractivity contribution in [3.63, 3.8) is 0 Å². The fraction of sp³-hybridized carbons (Fsp3) is 0.381. The lowest BCUT2D eigenvalue weighted by Gasteiger charge is -2.36. The molecule has 150 valence electrons. The van der Waals surface area contributed by atoms with E-state index in [2.05, 4.69) is 15.1 Å². The summed E-state index contributed by atoms with van der Waals surface area (Å²) >= 11 is 0. The average molecular weight is 392 g/mol. The normalized spacial score (nSPS) is 16.7. The molecule has 1 fully saturated rings. The van der Waals surface area contributed by atoms with E-state index in [1.54, 1.807) is 30.7 Å². The number of rotatable bonds is 4. The largest absolute Gasteiger partial charge is 0.356 e. The number of likely N-dealkylation sites (tertiary alicyclic amines) is 1. The highest BCUT2D eigenvalue weighted by molar-refractivity contribution is 5.94. The van der Waals surface area contributed by atoms with Gasteiger partial charge in [-0.3, -0.25) is 9.78 Å². The quantitative estimate of drug-likeness (QED) is 0.673. The summed E-state index contributed by atoms with van der Waals surface area (Å²) < 4.78 is 5.51. The number of amides is 1. The van der Waals surface area contributed by atoms with Crippen molar-refractivity contribution in [2.75, 3.05) is 25.5 Å². The molecule has 0 spiro atoms. The molecule has 1 saturated heterocycles. The van der Waals surface area contributed by atoms with Crippen molar-refractivity contribution >= 4 is 11.9 Å². The van der Waals surface area contributed by atoms with E-state index in [9.17, 15) is 4.79 Å². The number of anilines is 1. The Morgan fingerprint density at radius 3 is 2.83 bits per heavy atom. The van der Waals surface area contributed by atoms with E-state index in [1.807, 2.05) is 36.9 Å². The van der Waals surface area contributed by atoms with E-state index < -0.39 is 0 Å². The second kappa shape index (κ2) is 7.98. The molecule has 4 rings (SSSR count). The maximum absolute atomic E-state index is 13.3. The Labute approximate surface area is 169 Å². The molecule has 0 radical (unpaired) electrons. The highest BCUT2D eigenvalue weighted by Gasteiger charge is 2.33. The molecule has 0 aliphatic carbocycles. The minimum atomic E-state index is -0.168. The number of aryl methyl sites for hydroxylation is 1. The molecule has 29 heavy (non-hydrogen) atoms. The predicted molar refractivity (Wildman–Crippen MR) is 108 cm³/mol. The monoisotopic (exact) mass is 392 g/mol. The molecule has 8 heteroatoms. The second-order valence-electron chi connectivity index (χ2n) is 7.45. The van der Waals surface area contributed by atoms with E-state index in [0.29, 0.717) is 23.8 Å². The molecule has 4 heterocycles. The lowest BCUT2D eigenvalue weighted by atomic mass is 9.95. The number of aromatic nitrogens is 4. The molecule has 3 aromatic heterocycles. The van der Waals surface area contributed by atoms with Crippen LogP contribution in [0.1, 0.15) is 47.1 Å². The summed E-state index contributed by atoms with van der Waals surface area (Å²) in [4.78, 5) is 30.4. The predicted octanol–water partition coefficient (Wildman–Crippen LogP) is 3.27. The Morgan fingerprint density at radius 2 is 2.14 bits per heavy atom. The molecule has 0 N–H and O–H groups in total. The summed E-state index contributed by atoms with van der Waals surface area (Å²) in [6.45, 7) is 2.55. The summed E-state index contributed by atoms with van der Waals surface area (Å²) in [6, 6.07) is 5.28. The smallest absolute Gasteiger partial charge is 0.255 e. The van der Waals surface area contributed by atoms with Gasteiger partial charge in [-0.25, -0.2) is 9.97 Å². The van der Waals surface area contributed by atoms with E-state index in [0.717, 1.165) is 36.2 Å². The Balaban J connectivity index is 1.79. The fourth-order valence-electron chi connectivity index (χ4n) is 3.65. The number of carbonyl (C=O) groups is 1. The molecule has 1 aliphatic rings. The van der Waals surface area contributed by atoms with Crippen LogP contribution in [0.25, 0.3) is 11.3 Å². The molecule has 8 nitrogen and oxygen atoms in total. The maximum atomic E-state index is 13.3. The van der Waals surface area contributed by atoms with E-state index >= 15 is 0 Å². The summed E-state index contributed by atoms with van der Waals surface area (Å²) in [6.07, 6.45) is 7.86. The Hall–Kier alpha value is -3.29. The van der Waals surface area contributed by atoms with Gasteiger partial charge in [-0.1, -0.05) is 5.16 Å². The Kier molecular flexibility index (Phi) is 5.24. The van der Waals surface area contributed by atoms with Gasteiger partial charge in [0.05, 0.1) is 28.6 Å². The molecule has 0 bridgehead atoms. The van der Waals surface area contributed by atoms with Gasteiger partial charge in [-0.2, -0.15) is 0 Å². The van der Waals surface area contributed by atoms with Gasteiger partial charge in [-0.15, -0.1) is 0 Å². The number of carbonyl (C=O) groups excluding carboxylic acids is 1. The van der Waals surface area contributed by atoms with Gasteiger partial charge in [0.25, 0.3) is 5.91 Å². The maximum Gasteiger partial charge on any atom is 0.255 e. The summed E-state index contributed by atoms with van der Waals surface area (Å²) in [7, 11) is 3.80. The van der Waals surface area contributed by atoms with Gasteiger partial charge < -0.3 is 14.3 Å². The molecule has 1 amide bonds. The molecule has 1 aliphatic heterocycles. The highest BCUT2D eigenvalue weighted by atomic mass is 16.5. The fourth-order valence-corrected chi connectivity index (χ4v) is 3.65. The molecule has 0 aromatic carbocycles. The van der Waals surface area contributed by atoms with Gasteiger partial charge in [0.2, 0.25) is 5.95 Å². The molecule has 3 aromatic rings. The van der Waals surface area contributed by atoms with E-state index in [-0.39, 0.29) is 11.9 Å². The van der Waals surface area contributed by atoms with Crippen LogP contribution in [0.4, 0.5) is 5.95 Å². The number of nitrogens with zero attached hydrogens (tertiary/aromatic N) is 6. The third-order valence-electron chi connectivity index (χ3n) is 5.09. The molecule has 1 atom stereocenters. The second-order valence-corrected chi connectivity index (χ2v) is 7.45. The van der Waals surface area contributed by atoms with Crippen molar-refractivity contribution in [3.8, 4) is 11.3 Å². The summed E-state index contributed by atoms with van der Waals surface area (Å²) in [5.74, 6) is 1.18. The molecular weight excluding hydrogens is 368 g/mol. The van der Waals surface area contributed by atoms with Crippen LogP contribution >= 0.6 is 0 Å². The van der Waals surface area contributed by atoms with Crippen molar-refractivity contribution in [2.24, 2.45) is 0 Å². The zero-order valence-electron chi connectivity index (χ0n) is 16.9. The lowest BCUT2D eigenvalue weighted by Crippen LogP contribution is -2.39. The Morgan fingerprint density at radius 1 is 1.28 bits per heavy atom. The van der Waals surface area contributed by atoms with Crippen molar-refractivity contribution in [1.82, 2.24) is 25.0 Å². The van der Waals surface area contributed by atoms with Crippen molar-refractivity contribution in [3.05, 3.63) is 53.7 Å². The van der Waals surface area contributed by atoms with Crippen LogP contribution in [0.5, 0.6) is 0 Å². The van der Waals surface area contributed by atoms with Crippen molar-refractivity contribution < 1.29 is 9.32 Å². The van der Waals surface area contributed by atoms with Gasteiger partial charge in [-0.05, 0) is 38.3 Å². The number of hydrogen-bond donors (Lipinski definition) is 0. The first kappa shape index (κ1) is 19.0. The van der Waals surface area contributed by atoms with E-state index in [1.165, 1.54) is 0 Å². The van der Waals surface area contributed by atoms with Crippen LogP contribution in [0.2, 0.25) is 0 Å². The lowest BCUT2D eigenvalue weighted by molar-refractivity contribution is 0.0606. The summed E-state index contributed by atoms with van der Waals surface area (Å²) in [5, 5.41) is 4.01. The average Bonchev–Trinajstić information content (AvgIpc) is 3.19. The van der Waals surface area contributed by atoms with Gasteiger partial charge in [0, 0.05) is 45.3 Å². The Bertz CT molecular complexity index is 1000. The van der Waals surface area contributed by atoms with Crippen LogP contribution in [-0.2, 0) is 0 Å². The SMILES string of the molecule is Cc1cc(-c2cnc(N(C)C)nc2C2CCCCN2C(=O)c2cccnc2)on1. The molecular formula is C21H24N6O2. The third kappa shape index (κ3) is 3.83. The minimum absolute atomic E-state index is 0.0347. The van der Waals surface area contributed by atoms with Gasteiger partial charge in [0.1, 0.15) is 0 Å². The van der Waals surface area contributed by atoms with Crippen LogP contribution in [0, 0.1) is 6.92 Å². The van der Waals surface area contributed by atoms with Crippen LogP contribution in [0.15, 0.2) is 41.3 Å². The molecule has 0 saturated carbocycles. The first-order valence-electron chi connectivity index (χ1n) is 9.73. The summed E-state index contributed by atoms with van der Waals surface area (Å²) in [5.41, 5.74) is 2.93. The van der Waals surface area contributed by atoms with Crippen LogP contribution in [0.3, 0.4) is 0 Å². The number of piperidine rings is 1. The molecule has 1 unspecified atom stereocenters. The van der Waals surface area contributed by atoms with Gasteiger partial charge >= 0.3 is 0 Å². The topological polar surface area (TPSA) is 88.3 Å². The van der Waals surface area contributed by atoms with Crippen LogP contribution in [-0.4, -0.2) is 51.6 Å². The highest BCUT2D eigenvalue weighted by Crippen LogP contribution is 2.37. The zero-order chi connectivity index (χ0) is 20.4. The third-order valence-corrected chi connectivity index (χ3v) is 5.09.